The highest BCUT2D eigenvalue weighted by molar-refractivity contribution is 7.91. The third-order valence-corrected chi connectivity index (χ3v) is 6.12. The van der Waals surface area contributed by atoms with Crippen molar-refractivity contribution in [3.63, 3.8) is 0 Å². The number of hydrogen-bond donors (Lipinski definition) is 1. The molecular weight excluding hydrogens is 338 g/mol. The van der Waals surface area contributed by atoms with E-state index in [1.165, 1.54) is 11.3 Å². The summed E-state index contributed by atoms with van der Waals surface area (Å²) in [6.45, 7) is 0. The van der Waals surface area contributed by atoms with Crippen molar-refractivity contribution < 1.29 is 8.42 Å². The van der Waals surface area contributed by atoms with Gasteiger partial charge in [0.2, 0.25) is 0 Å². The minimum atomic E-state index is -3.60. The molecular formula is C19H15NO2S2. The van der Waals surface area contributed by atoms with E-state index in [0.29, 0.717) is 0 Å². The van der Waals surface area contributed by atoms with Crippen LogP contribution in [0.1, 0.15) is 17.2 Å². The van der Waals surface area contributed by atoms with Crippen LogP contribution in [0, 0.1) is 11.8 Å². The van der Waals surface area contributed by atoms with Crippen molar-refractivity contribution in [3.8, 4) is 11.8 Å². The van der Waals surface area contributed by atoms with Gasteiger partial charge in [-0.1, -0.05) is 66.4 Å². The fraction of sp³-hybridized carbons (Fsp3) is 0.0526. The third kappa shape index (κ3) is 4.12. The number of sulfonamides is 1. The molecule has 0 saturated heterocycles. The molecule has 2 aromatic carbocycles. The molecule has 0 amide bonds. The largest absolute Gasteiger partial charge is 0.251 e. The molecule has 0 aliphatic rings. The summed E-state index contributed by atoms with van der Waals surface area (Å²) >= 11 is 1.18. The lowest BCUT2D eigenvalue weighted by Crippen LogP contribution is -2.27. The van der Waals surface area contributed by atoms with Crippen molar-refractivity contribution >= 4 is 21.4 Å². The summed E-state index contributed by atoms with van der Waals surface area (Å²) in [4.78, 5) is 0. The van der Waals surface area contributed by atoms with Gasteiger partial charge < -0.3 is 0 Å². The molecule has 3 nitrogen and oxygen atoms in total. The normalized spacial score (nSPS) is 12.2. The Hall–Kier alpha value is -2.39. The molecule has 1 aromatic heterocycles. The summed E-state index contributed by atoms with van der Waals surface area (Å²) in [6.07, 6.45) is 0. The van der Waals surface area contributed by atoms with E-state index in [1.807, 2.05) is 60.7 Å². The molecule has 0 aliphatic carbocycles. The highest BCUT2D eigenvalue weighted by Crippen LogP contribution is 2.20. The van der Waals surface area contributed by atoms with Crippen LogP contribution in [0.2, 0.25) is 0 Å². The number of rotatable bonds is 4. The molecule has 0 spiro atoms. The molecule has 1 N–H and O–H groups in total. The maximum Gasteiger partial charge on any atom is 0.251 e. The first-order valence-corrected chi connectivity index (χ1v) is 9.69. The Kier molecular flexibility index (Phi) is 5.11. The number of nitrogens with one attached hydrogen (secondary N) is 1. The van der Waals surface area contributed by atoms with Gasteiger partial charge in [-0.3, -0.25) is 0 Å². The van der Waals surface area contributed by atoms with E-state index in [1.54, 1.807) is 17.5 Å². The minimum Gasteiger partial charge on any atom is -0.206 e. The topological polar surface area (TPSA) is 46.2 Å². The lowest BCUT2D eigenvalue weighted by Gasteiger charge is -2.13. The Balaban J connectivity index is 1.93. The van der Waals surface area contributed by atoms with Gasteiger partial charge in [-0.2, -0.15) is 4.72 Å². The van der Waals surface area contributed by atoms with Crippen LogP contribution in [0.5, 0.6) is 0 Å². The molecule has 1 heterocycles. The predicted octanol–water partition coefficient (Wildman–Crippen LogP) is 3.82. The molecule has 1 atom stereocenters. The lowest BCUT2D eigenvalue weighted by molar-refractivity contribution is 0.578. The van der Waals surface area contributed by atoms with E-state index < -0.39 is 16.1 Å². The Morgan fingerprint density at radius 3 is 2.17 bits per heavy atom. The van der Waals surface area contributed by atoms with Crippen LogP contribution < -0.4 is 4.72 Å². The predicted molar refractivity (Wildman–Crippen MR) is 97.1 cm³/mol. The second-order valence-corrected chi connectivity index (χ2v) is 7.92. The molecule has 3 rings (SSSR count). The third-order valence-electron chi connectivity index (χ3n) is 3.30. The second kappa shape index (κ2) is 7.45. The van der Waals surface area contributed by atoms with E-state index in [-0.39, 0.29) is 4.21 Å². The number of benzene rings is 2. The van der Waals surface area contributed by atoms with Gasteiger partial charge in [0.1, 0.15) is 10.3 Å². The smallest absolute Gasteiger partial charge is 0.206 e. The maximum absolute atomic E-state index is 12.5. The Morgan fingerprint density at radius 2 is 1.54 bits per heavy atom. The first kappa shape index (κ1) is 16.5. The monoisotopic (exact) mass is 353 g/mol. The van der Waals surface area contributed by atoms with Crippen molar-refractivity contribution in [1.82, 2.24) is 4.72 Å². The summed E-state index contributed by atoms with van der Waals surface area (Å²) in [7, 11) is -3.60. The van der Waals surface area contributed by atoms with Crippen molar-refractivity contribution in [2.24, 2.45) is 0 Å². The van der Waals surface area contributed by atoms with Crippen molar-refractivity contribution in [2.45, 2.75) is 10.3 Å². The molecule has 0 aliphatic heterocycles. The van der Waals surface area contributed by atoms with Gasteiger partial charge in [-0.05, 0) is 29.1 Å². The molecule has 0 saturated carbocycles. The summed E-state index contributed by atoms with van der Waals surface area (Å²) in [6, 6.07) is 21.5. The van der Waals surface area contributed by atoms with E-state index in [9.17, 15) is 8.42 Å². The highest BCUT2D eigenvalue weighted by Gasteiger charge is 2.20. The quantitative estimate of drug-likeness (QED) is 0.725. The van der Waals surface area contributed by atoms with Gasteiger partial charge in [-0.25, -0.2) is 8.42 Å². The molecule has 3 aromatic rings. The van der Waals surface area contributed by atoms with Gasteiger partial charge in [-0.15, -0.1) is 11.3 Å². The van der Waals surface area contributed by atoms with E-state index in [0.717, 1.165) is 11.1 Å². The van der Waals surface area contributed by atoms with Gasteiger partial charge in [0.05, 0.1) is 0 Å². The summed E-state index contributed by atoms with van der Waals surface area (Å²) in [5.74, 6) is 6.07. The lowest BCUT2D eigenvalue weighted by atomic mass is 10.1. The molecule has 0 unspecified atom stereocenters. The standard InChI is InChI=1S/C19H15NO2S2/c21-24(22,19-12-7-15-23-19)20-18(17-10-5-2-6-11-17)14-13-16-8-3-1-4-9-16/h1-12,15,18,20H/t18-/m1/s1. The van der Waals surface area contributed by atoms with Gasteiger partial charge in [0.25, 0.3) is 10.0 Å². The van der Waals surface area contributed by atoms with E-state index >= 15 is 0 Å². The van der Waals surface area contributed by atoms with Crippen LogP contribution in [-0.4, -0.2) is 8.42 Å². The Bertz CT molecular complexity index is 939. The Labute approximate surface area is 146 Å². The van der Waals surface area contributed by atoms with Gasteiger partial charge in [0, 0.05) is 5.56 Å². The van der Waals surface area contributed by atoms with Gasteiger partial charge >= 0.3 is 0 Å². The molecule has 24 heavy (non-hydrogen) atoms. The second-order valence-electron chi connectivity index (χ2n) is 5.03. The van der Waals surface area contributed by atoms with E-state index in [2.05, 4.69) is 16.6 Å². The summed E-state index contributed by atoms with van der Waals surface area (Å²) in [5.41, 5.74) is 1.65. The van der Waals surface area contributed by atoms with Crippen LogP contribution in [-0.2, 0) is 10.0 Å². The average molecular weight is 353 g/mol. The number of thiophene rings is 1. The first-order chi connectivity index (χ1) is 11.6. The fourth-order valence-corrected chi connectivity index (χ4v) is 4.28. The van der Waals surface area contributed by atoms with Crippen LogP contribution in [0.4, 0.5) is 0 Å². The molecule has 5 heteroatoms. The van der Waals surface area contributed by atoms with Crippen LogP contribution >= 0.6 is 11.3 Å². The Morgan fingerprint density at radius 1 is 0.875 bits per heavy atom. The molecule has 0 fully saturated rings. The maximum atomic E-state index is 12.5. The zero-order chi connectivity index (χ0) is 16.8. The summed E-state index contributed by atoms with van der Waals surface area (Å²) < 4.78 is 28.0. The molecule has 0 bridgehead atoms. The summed E-state index contributed by atoms with van der Waals surface area (Å²) in [5, 5.41) is 1.74. The number of hydrogen-bond acceptors (Lipinski definition) is 3. The SMILES string of the molecule is O=S(=O)(N[C@H](C#Cc1ccccc1)c1ccccc1)c1cccs1. The zero-order valence-corrected chi connectivity index (χ0v) is 14.3. The van der Waals surface area contributed by atoms with Crippen LogP contribution in [0.15, 0.2) is 82.4 Å². The first-order valence-electron chi connectivity index (χ1n) is 7.32. The van der Waals surface area contributed by atoms with Gasteiger partial charge in [0.15, 0.2) is 0 Å². The van der Waals surface area contributed by atoms with Crippen LogP contribution in [0.25, 0.3) is 0 Å². The van der Waals surface area contributed by atoms with Crippen molar-refractivity contribution in [3.05, 3.63) is 89.3 Å². The molecule has 0 radical (unpaired) electrons. The van der Waals surface area contributed by atoms with Crippen molar-refractivity contribution in [2.75, 3.05) is 0 Å². The average Bonchev–Trinajstić information content (AvgIpc) is 3.16. The highest BCUT2D eigenvalue weighted by atomic mass is 32.2. The van der Waals surface area contributed by atoms with E-state index in [4.69, 9.17) is 0 Å². The van der Waals surface area contributed by atoms with Crippen molar-refractivity contribution in [1.29, 1.82) is 0 Å². The zero-order valence-electron chi connectivity index (χ0n) is 12.7. The fourth-order valence-electron chi connectivity index (χ4n) is 2.13. The molecule has 120 valence electrons. The minimum absolute atomic E-state index is 0.282. The van der Waals surface area contributed by atoms with Crippen LogP contribution in [0.3, 0.4) is 0 Å².